The fraction of sp³-hybridized carbons (Fsp3) is 0.833. The molecule has 0 aromatic heterocycles. The van der Waals surface area contributed by atoms with Crippen LogP contribution < -0.4 is 11.5 Å². The Labute approximate surface area is 119 Å². The van der Waals surface area contributed by atoms with Gasteiger partial charge in [-0.2, -0.15) is 10.2 Å². The molecule has 0 amide bonds. The summed E-state index contributed by atoms with van der Waals surface area (Å²) in [5, 5.41) is 25.4. The Hall–Kier alpha value is -1.54. The molecule has 0 aromatic carbocycles. The van der Waals surface area contributed by atoms with E-state index in [-0.39, 0.29) is 25.0 Å². The highest BCUT2D eigenvalue weighted by Crippen LogP contribution is 2.00. The third kappa shape index (κ3) is 8.54. The number of hydrogen-bond donors (Lipinski definition) is 4. The first-order valence-corrected chi connectivity index (χ1v) is 6.67. The Morgan fingerprint density at radius 1 is 0.850 bits per heavy atom. The lowest BCUT2D eigenvalue weighted by Gasteiger charge is -2.08. The molecular formula is C12H26N6O2. The van der Waals surface area contributed by atoms with Gasteiger partial charge in [-0.3, -0.25) is 9.98 Å². The quantitative estimate of drug-likeness (QED) is 0.242. The second kappa shape index (κ2) is 11.3. The van der Waals surface area contributed by atoms with Crippen LogP contribution in [-0.4, -0.2) is 61.3 Å². The van der Waals surface area contributed by atoms with Crippen molar-refractivity contribution in [2.75, 3.05) is 39.4 Å². The van der Waals surface area contributed by atoms with E-state index in [2.05, 4.69) is 20.2 Å². The largest absolute Gasteiger partial charge is 0.394 e. The van der Waals surface area contributed by atoms with Crippen LogP contribution in [0.5, 0.6) is 0 Å². The highest BCUT2D eigenvalue weighted by atomic mass is 16.3. The van der Waals surface area contributed by atoms with Gasteiger partial charge in [-0.1, -0.05) is 13.8 Å². The van der Waals surface area contributed by atoms with Crippen molar-refractivity contribution in [2.24, 2.45) is 43.5 Å². The molecule has 0 fully saturated rings. The summed E-state index contributed by atoms with van der Waals surface area (Å²) >= 11 is 0. The Morgan fingerprint density at radius 2 is 1.20 bits per heavy atom. The van der Waals surface area contributed by atoms with Crippen LogP contribution in [0.3, 0.4) is 0 Å². The summed E-state index contributed by atoms with van der Waals surface area (Å²) in [6.07, 6.45) is 0. The van der Waals surface area contributed by atoms with Crippen molar-refractivity contribution in [1.29, 1.82) is 0 Å². The molecule has 0 aliphatic carbocycles. The van der Waals surface area contributed by atoms with Gasteiger partial charge in [0.05, 0.1) is 51.1 Å². The maximum Gasteiger partial charge on any atom is 0.0986 e. The average molecular weight is 286 g/mol. The maximum absolute atomic E-state index is 8.64. The van der Waals surface area contributed by atoms with Crippen molar-refractivity contribution in [1.82, 2.24) is 0 Å². The third-order valence-corrected chi connectivity index (χ3v) is 2.61. The summed E-state index contributed by atoms with van der Waals surface area (Å²) in [5.74, 6) is 0.909. The molecule has 8 nitrogen and oxygen atoms in total. The van der Waals surface area contributed by atoms with Gasteiger partial charge in [0.2, 0.25) is 0 Å². The minimum Gasteiger partial charge on any atom is -0.394 e. The van der Waals surface area contributed by atoms with Crippen LogP contribution in [0.15, 0.2) is 20.2 Å². The molecule has 6 N–H and O–H groups in total. The standard InChI is InChI=1S/C12H26N6O2/c1-9(11(13)15-3-5-19)7-17-18-8-10(2)12(14)16-4-6-20/h9-10,19-20H,3-8H2,1-2H3,(H2,13,15)(H2,14,16). The predicted octanol–water partition coefficient (Wildman–Crippen LogP) is -0.590. The highest BCUT2D eigenvalue weighted by Gasteiger charge is 2.07. The number of azo groups is 1. The lowest BCUT2D eigenvalue weighted by atomic mass is 10.1. The van der Waals surface area contributed by atoms with Crippen LogP contribution >= 0.6 is 0 Å². The molecule has 0 aliphatic heterocycles. The van der Waals surface area contributed by atoms with Gasteiger partial charge in [0.1, 0.15) is 0 Å². The minimum atomic E-state index is -0.0150. The molecule has 0 radical (unpaired) electrons. The van der Waals surface area contributed by atoms with Crippen molar-refractivity contribution in [2.45, 2.75) is 13.8 Å². The molecule has 8 heteroatoms. The number of aliphatic imine (C=N–C) groups is 2. The van der Waals surface area contributed by atoms with E-state index in [9.17, 15) is 0 Å². The smallest absolute Gasteiger partial charge is 0.0986 e. The van der Waals surface area contributed by atoms with Crippen molar-refractivity contribution >= 4 is 11.7 Å². The molecule has 0 spiro atoms. The minimum absolute atomic E-state index is 0.0130. The molecule has 0 saturated heterocycles. The van der Waals surface area contributed by atoms with E-state index < -0.39 is 0 Å². The molecule has 0 rings (SSSR count). The Morgan fingerprint density at radius 3 is 1.50 bits per heavy atom. The molecule has 0 heterocycles. The Kier molecular flexibility index (Phi) is 10.4. The molecular weight excluding hydrogens is 260 g/mol. The van der Waals surface area contributed by atoms with E-state index in [4.69, 9.17) is 21.7 Å². The van der Waals surface area contributed by atoms with Gasteiger partial charge in [-0.15, -0.1) is 0 Å². The van der Waals surface area contributed by atoms with E-state index >= 15 is 0 Å². The van der Waals surface area contributed by atoms with E-state index in [0.29, 0.717) is 37.9 Å². The molecule has 0 bridgehead atoms. The Bertz CT molecular complexity index is 311. The van der Waals surface area contributed by atoms with Crippen molar-refractivity contribution < 1.29 is 10.2 Å². The molecule has 2 unspecified atom stereocenters. The van der Waals surface area contributed by atoms with Gasteiger partial charge in [-0.05, 0) is 0 Å². The topological polar surface area (TPSA) is 142 Å². The number of hydrogen-bond acceptors (Lipinski definition) is 6. The summed E-state index contributed by atoms with van der Waals surface area (Å²) < 4.78 is 0. The first-order valence-electron chi connectivity index (χ1n) is 6.67. The summed E-state index contributed by atoms with van der Waals surface area (Å²) in [7, 11) is 0. The second-order valence-corrected chi connectivity index (χ2v) is 4.51. The molecule has 20 heavy (non-hydrogen) atoms. The summed E-state index contributed by atoms with van der Waals surface area (Å²) in [6, 6.07) is 0. The SMILES string of the molecule is CC(CN=NCC(C)C(N)=NCCO)C(N)=NCCO. The summed E-state index contributed by atoms with van der Waals surface area (Å²) in [6.45, 7) is 5.27. The average Bonchev–Trinajstić information content (AvgIpc) is 2.45. The molecule has 0 aliphatic rings. The number of nitrogens with two attached hydrogens (primary N) is 2. The summed E-state index contributed by atoms with van der Waals surface area (Å²) in [5.41, 5.74) is 11.4. The monoisotopic (exact) mass is 286 g/mol. The van der Waals surface area contributed by atoms with Crippen LogP contribution in [0.2, 0.25) is 0 Å². The fourth-order valence-electron chi connectivity index (χ4n) is 1.22. The maximum atomic E-state index is 8.64. The van der Waals surface area contributed by atoms with Gasteiger partial charge in [0, 0.05) is 11.8 Å². The highest BCUT2D eigenvalue weighted by molar-refractivity contribution is 5.83. The zero-order valence-corrected chi connectivity index (χ0v) is 12.2. The number of aliphatic hydroxyl groups is 2. The molecule has 0 saturated carbocycles. The van der Waals surface area contributed by atoms with Crippen LogP contribution in [0.25, 0.3) is 0 Å². The fourth-order valence-corrected chi connectivity index (χ4v) is 1.22. The van der Waals surface area contributed by atoms with E-state index in [1.807, 2.05) is 13.8 Å². The third-order valence-electron chi connectivity index (χ3n) is 2.61. The van der Waals surface area contributed by atoms with Gasteiger partial charge in [0.15, 0.2) is 0 Å². The van der Waals surface area contributed by atoms with Gasteiger partial charge >= 0.3 is 0 Å². The van der Waals surface area contributed by atoms with Crippen LogP contribution in [0.4, 0.5) is 0 Å². The zero-order valence-electron chi connectivity index (χ0n) is 12.2. The van der Waals surface area contributed by atoms with Crippen molar-refractivity contribution in [3.63, 3.8) is 0 Å². The first kappa shape index (κ1) is 18.5. The van der Waals surface area contributed by atoms with Crippen LogP contribution in [0.1, 0.15) is 13.8 Å². The van der Waals surface area contributed by atoms with E-state index in [1.54, 1.807) is 0 Å². The van der Waals surface area contributed by atoms with E-state index in [1.165, 1.54) is 0 Å². The summed E-state index contributed by atoms with van der Waals surface area (Å²) in [4.78, 5) is 8.00. The first-order chi connectivity index (χ1) is 9.52. The Balaban J connectivity index is 4.07. The van der Waals surface area contributed by atoms with Gasteiger partial charge in [-0.25, -0.2) is 0 Å². The normalized spacial score (nSPS) is 16.6. The number of aliphatic hydroxyl groups excluding tert-OH is 2. The second-order valence-electron chi connectivity index (χ2n) is 4.51. The number of amidine groups is 2. The van der Waals surface area contributed by atoms with Crippen molar-refractivity contribution in [3.8, 4) is 0 Å². The van der Waals surface area contributed by atoms with E-state index in [0.717, 1.165) is 0 Å². The molecule has 0 aromatic rings. The lowest BCUT2D eigenvalue weighted by molar-refractivity contribution is 0.306. The number of nitrogens with zero attached hydrogens (tertiary/aromatic N) is 4. The van der Waals surface area contributed by atoms with Crippen molar-refractivity contribution in [3.05, 3.63) is 0 Å². The number of rotatable bonds is 10. The zero-order chi connectivity index (χ0) is 15.4. The predicted molar refractivity (Wildman–Crippen MR) is 80.1 cm³/mol. The van der Waals surface area contributed by atoms with Gasteiger partial charge < -0.3 is 21.7 Å². The van der Waals surface area contributed by atoms with Crippen LogP contribution in [0, 0.1) is 11.8 Å². The van der Waals surface area contributed by atoms with Crippen LogP contribution in [-0.2, 0) is 0 Å². The van der Waals surface area contributed by atoms with Gasteiger partial charge in [0.25, 0.3) is 0 Å². The lowest BCUT2D eigenvalue weighted by Crippen LogP contribution is -2.25. The molecule has 2 atom stereocenters. The molecule has 116 valence electrons.